The summed E-state index contributed by atoms with van der Waals surface area (Å²) in [5.41, 5.74) is 0. The Morgan fingerprint density at radius 3 is 0.971 bits per heavy atom. The maximum Gasteiger partial charge on any atom is 0.309 e. The third kappa shape index (κ3) is 54.5. The van der Waals surface area contributed by atoms with Crippen molar-refractivity contribution < 1.29 is 28.6 Å². The second kappa shape index (κ2) is 57.1. The average molecular weight is 968 g/mol. The van der Waals surface area contributed by atoms with Gasteiger partial charge >= 0.3 is 17.9 Å². The molecule has 0 rings (SSSR count). The lowest BCUT2D eigenvalue weighted by atomic mass is 10.0. The first-order valence-electron chi connectivity index (χ1n) is 28.2. The Bertz CT molecular complexity index is 1530. The van der Waals surface area contributed by atoms with Crippen LogP contribution in [0.1, 0.15) is 233 Å². The molecular weight excluding hydrogens is 865 g/mol. The highest BCUT2D eigenvalue weighted by Gasteiger charge is 2.19. The minimum atomic E-state index is -0.852. The summed E-state index contributed by atoms with van der Waals surface area (Å²) in [4.78, 5) is 38.0. The fourth-order valence-electron chi connectivity index (χ4n) is 7.31. The lowest BCUT2D eigenvalue weighted by molar-refractivity contribution is -0.166. The molecule has 0 aromatic rings. The van der Waals surface area contributed by atoms with E-state index in [2.05, 4.69) is 130 Å². The SMILES string of the molecule is CC/C=C\C/C=C\C/C=C\C/C=C\C/C=C\C/C=C\CCC(=O)OCC(COC(=O)C/C=C\C/C=C\C/C=C\C/C=C\C/C=C\CC)OC(=O)CCCCCCCCCCCCCCCCCCCC. The summed E-state index contributed by atoms with van der Waals surface area (Å²) in [5.74, 6) is -1.16. The lowest BCUT2D eigenvalue weighted by Gasteiger charge is -2.18. The second-order valence-electron chi connectivity index (χ2n) is 18.1. The molecule has 1 atom stereocenters. The maximum absolute atomic E-state index is 12.8. The number of rotatable bonds is 49. The molecule has 0 aliphatic heterocycles. The number of ether oxygens (including phenoxy) is 3. The molecule has 0 saturated heterocycles. The Kier molecular flexibility index (Phi) is 53.5. The zero-order valence-corrected chi connectivity index (χ0v) is 45.0. The molecule has 0 heterocycles. The van der Waals surface area contributed by atoms with Gasteiger partial charge in [-0.3, -0.25) is 14.4 Å². The monoisotopic (exact) mass is 967 g/mol. The van der Waals surface area contributed by atoms with Crippen LogP contribution in [0.25, 0.3) is 0 Å². The first-order valence-corrected chi connectivity index (χ1v) is 28.2. The van der Waals surface area contributed by atoms with E-state index in [1.807, 2.05) is 18.2 Å². The van der Waals surface area contributed by atoms with Gasteiger partial charge in [-0.05, 0) is 83.5 Å². The maximum atomic E-state index is 12.8. The van der Waals surface area contributed by atoms with Crippen LogP contribution in [0.3, 0.4) is 0 Å². The van der Waals surface area contributed by atoms with E-state index >= 15 is 0 Å². The van der Waals surface area contributed by atoms with Crippen molar-refractivity contribution >= 4 is 17.9 Å². The Balaban J connectivity index is 4.60. The van der Waals surface area contributed by atoms with Crippen molar-refractivity contribution in [3.05, 3.63) is 134 Å². The van der Waals surface area contributed by atoms with E-state index in [9.17, 15) is 14.4 Å². The Labute approximate surface area is 430 Å². The number of esters is 3. The van der Waals surface area contributed by atoms with Crippen LogP contribution in [0.4, 0.5) is 0 Å². The molecule has 0 saturated carbocycles. The summed E-state index contributed by atoms with van der Waals surface area (Å²) in [5, 5.41) is 0. The standard InChI is InChI=1S/C64H102O6/c1-4-7-10-13-16-19-22-25-28-30-32-34-36-39-42-45-48-51-54-57-63(66)69-60-61(59-68-62(65)56-53-50-47-44-41-38-35-27-24-21-18-15-12-9-6-3)70-64(67)58-55-52-49-46-43-40-37-33-31-29-26-23-20-17-14-11-8-5-2/h7,9-10,12,16,18-19,21,25,27-28,32,34-35,39,41-42,44,48,50-51,53,61H,4-6,8,11,13-15,17,20,22-24,26,29-31,33,36-38,40,43,45-47,49,52,54-60H2,1-3H3/b10-7-,12-9-,19-16-,21-18-,28-25-,34-32-,35-27-,42-39-,44-41-,51-48-,53-50-. The van der Waals surface area contributed by atoms with Gasteiger partial charge in [0.05, 0.1) is 6.42 Å². The summed E-state index contributed by atoms with van der Waals surface area (Å²) in [6.45, 7) is 6.26. The van der Waals surface area contributed by atoms with Gasteiger partial charge in [-0.2, -0.15) is 0 Å². The minimum absolute atomic E-state index is 0.110. The predicted molar refractivity (Wildman–Crippen MR) is 302 cm³/mol. The summed E-state index contributed by atoms with van der Waals surface area (Å²) in [7, 11) is 0. The number of carbonyl (C=O) groups is 3. The quantitative estimate of drug-likeness (QED) is 0.0262. The van der Waals surface area contributed by atoms with Crippen LogP contribution in [0, 0.1) is 0 Å². The molecule has 0 radical (unpaired) electrons. The second-order valence-corrected chi connectivity index (χ2v) is 18.1. The van der Waals surface area contributed by atoms with Gasteiger partial charge in [-0.1, -0.05) is 264 Å². The van der Waals surface area contributed by atoms with Gasteiger partial charge in [0, 0.05) is 12.8 Å². The van der Waals surface area contributed by atoms with Crippen LogP contribution in [0.5, 0.6) is 0 Å². The molecule has 0 aromatic heterocycles. The summed E-state index contributed by atoms with van der Waals surface area (Å²) in [6, 6.07) is 0. The summed E-state index contributed by atoms with van der Waals surface area (Å²) < 4.78 is 16.7. The molecule has 0 N–H and O–H groups in total. The molecule has 0 fully saturated rings. The third-order valence-electron chi connectivity index (χ3n) is 11.4. The van der Waals surface area contributed by atoms with E-state index in [0.29, 0.717) is 12.8 Å². The van der Waals surface area contributed by atoms with E-state index in [0.717, 1.165) is 89.9 Å². The van der Waals surface area contributed by atoms with Crippen LogP contribution in [-0.4, -0.2) is 37.2 Å². The summed E-state index contributed by atoms with van der Waals surface area (Å²) >= 11 is 0. The zero-order valence-electron chi connectivity index (χ0n) is 45.0. The molecule has 394 valence electrons. The van der Waals surface area contributed by atoms with Crippen LogP contribution in [0.2, 0.25) is 0 Å². The smallest absolute Gasteiger partial charge is 0.309 e. The van der Waals surface area contributed by atoms with Crippen LogP contribution < -0.4 is 0 Å². The first-order chi connectivity index (χ1) is 34.5. The number of carbonyl (C=O) groups excluding carboxylic acids is 3. The van der Waals surface area contributed by atoms with Crippen molar-refractivity contribution in [3.63, 3.8) is 0 Å². The molecule has 0 spiro atoms. The van der Waals surface area contributed by atoms with Crippen molar-refractivity contribution in [1.29, 1.82) is 0 Å². The van der Waals surface area contributed by atoms with Crippen molar-refractivity contribution in [2.45, 2.75) is 239 Å². The van der Waals surface area contributed by atoms with Gasteiger partial charge in [0.1, 0.15) is 13.2 Å². The van der Waals surface area contributed by atoms with Crippen LogP contribution in [0.15, 0.2) is 134 Å². The Morgan fingerprint density at radius 2 is 0.614 bits per heavy atom. The molecule has 0 aliphatic carbocycles. The van der Waals surface area contributed by atoms with E-state index in [1.54, 1.807) is 6.08 Å². The van der Waals surface area contributed by atoms with Gasteiger partial charge in [0.2, 0.25) is 0 Å². The van der Waals surface area contributed by atoms with Crippen molar-refractivity contribution in [2.24, 2.45) is 0 Å². The van der Waals surface area contributed by atoms with Crippen molar-refractivity contribution in [2.75, 3.05) is 13.2 Å². The fraction of sp³-hybridized carbons (Fsp3) is 0.609. The average Bonchev–Trinajstić information content (AvgIpc) is 3.36. The molecule has 0 amide bonds. The van der Waals surface area contributed by atoms with Gasteiger partial charge < -0.3 is 14.2 Å². The highest BCUT2D eigenvalue weighted by Crippen LogP contribution is 2.15. The zero-order chi connectivity index (χ0) is 50.7. The Morgan fingerprint density at radius 1 is 0.314 bits per heavy atom. The number of hydrogen-bond donors (Lipinski definition) is 0. The molecule has 0 bridgehead atoms. The summed E-state index contributed by atoms with van der Waals surface area (Å²) in [6.07, 6.45) is 80.5. The number of hydrogen-bond acceptors (Lipinski definition) is 6. The molecular formula is C64H102O6. The van der Waals surface area contributed by atoms with Gasteiger partial charge in [-0.15, -0.1) is 0 Å². The predicted octanol–water partition coefficient (Wildman–Crippen LogP) is 19.0. The van der Waals surface area contributed by atoms with Crippen molar-refractivity contribution in [1.82, 2.24) is 0 Å². The van der Waals surface area contributed by atoms with Crippen molar-refractivity contribution in [3.8, 4) is 0 Å². The van der Waals surface area contributed by atoms with Crippen LogP contribution in [-0.2, 0) is 28.6 Å². The van der Waals surface area contributed by atoms with Gasteiger partial charge in [0.25, 0.3) is 0 Å². The molecule has 0 aliphatic rings. The van der Waals surface area contributed by atoms with E-state index < -0.39 is 12.1 Å². The van der Waals surface area contributed by atoms with E-state index in [-0.39, 0.29) is 38.0 Å². The molecule has 6 heteroatoms. The molecule has 70 heavy (non-hydrogen) atoms. The Hall–Kier alpha value is -4.45. The van der Waals surface area contributed by atoms with E-state index in [1.165, 1.54) is 96.3 Å². The molecule has 0 aromatic carbocycles. The van der Waals surface area contributed by atoms with Crippen LogP contribution >= 0.6 is 0 Å². The topological polar surface area (TPSA) is 78.9 Å². The van der Waals surface area contributed by atoms with Gasteiger partial charge in [-0.25, -0.2) is 0 Å². The molecule has 1 unspecified atom stereocenters. The largest absolute Gasteiger partial charge is 0.462 e. The fourth-order valence-corrected chi connectivity index (χ4v) is 7.31. The highest BCUT2D eigenvalue weighted by atomic mass is 16.6. The number of unbranched alkanes of at least 4 members (excludes halogenated alkanes) is 17. The normalized spacial score (nSPS) is 13.1. The number of allylic oxidation sites excluding steroid dienone is 21. The first kappa shape index (κ1) is 65.5. The lowest BCUT2D eigenvalue weighted by Crippen LogP contribution is -2.30. The minimum Gasteiger partial charge on any atom is -0.462 e. The highest BCUT2D eigenvalue weighted by molar-refractivity contribution is 5.72. The molecule has 6 nitrogen and oxygen atoms in total. The van der Waals surface area contributed by atoms with E-state index in [4.69, 9.17) is 14.2 Å². The van der Waals surface area contributed by atoms with Gasteiger partial charge in [0.15, 0.2) is 6.10 Å². The third-order valence-corrected chi connectivity index (χ3v) is 11.4.